The average molecular weight is 539 g/mol. The molecular weight excluding hydrogens is 505 g/mol. The minimum Gasteiger partial charge on any atom is -0.473 e. The SMILES string of the molecule is CCNC(=NCc1cccnc1OCc1ccccc1)NCCCN1CCOCC1.I. The third-order valence-electron chi connectivity index (χ3n) is 4.87. The zero-order valence-corrected chi connectivity index (χ0v) is 20.6. The Labute approximate surface area is 202 Å². The van der Waals surface area contributed by atoms with Crippen molar-refractivity contribution >= 4 is 29.9 Å². The number of morpholine rings is 1. The van der Waals surface area contributed by atoms with Gasteiger partial charge in [0.25, 0.3) is 0 Å². The molecule has 7 nitrogen and oxygen atoms in total. The van der Waals surface area contributed by atoms with Crippen molar-refractivity contribution in [1.29, 1.82) is 0 Å². The fourth-order valence-corrected chi connectivity index (χ4v) is 3.24. The Bertz CT molecular complexity index is 770. The van der Waals surface area contributed by atoms with Gasteiger partial charge in [0.1, 0.15) is 6.61 Å². The summed E-state index contributed by atoms with van der Waals surface area (Å²) in [5.41, 5.74) is 2.09. The van der Waals surface area contributed by atoms with Crippen LogP contribution in [0.1, 0.15) is 24.5 Å². The number of ether oxygens (including phenoxy) is 2. The van der Waals surface area contributed by atoms with Crippen LogP contribution in [0.5, 0.6) is 5.88 Å². The number of hydrogen-bond acceptors (Lipinski definition) is 5. The molecule has 0 saturated carbocycles. The highest BCUT2D eigenvalue weighted by molar-refractivity contribution is 14.0. The summed E-state index contributed by atoms with van der Waals surface area (Å²) in [5, 5.41) is 6.74. The van der Waals surface area contributed by atoms with Crippen molar-refractivity contribution in [2.75, 3.05) is 45.9 Å². The molecule has 1 fully saturated rings. The Hall–Kier alpha value is -1.91. The minimum absolute atomic E-state index is 0. The Kier molecular flexibility index (Phi) is 12.3. The highest BCUT2D eigenvalue weighted by atomic mass is 127. The van der Waals surface area contributed by atoms with E-state index in [0.717, 1.165) is 69.4 Å². The number of hydrogen-bond donors (Lipinski definition) is 2. The standard InChI is InChI=1S/C23H33N5O2.HI/c1-2-24-23(26-12-7-13-28-14-16-29-17-15-28)27-18-21-10-6-11-25-22(21)30-19-20-8-4-3-5-9-20;/h3-6,8-11H,2,7,12-19H2,1H3,(H2,24,26,27);1H. The number of aliphatic imine (C=N–C) groups is 1. The molecule has 0 bridgehead atoms. The first-order chi connectivity index (χ1) is 14.8. The first kappa shape index (κ1) is 25.4. The smallest absolute Gasteiger partial charge is 0.218 e. The van der Waals surface area contributed by atoms with Crippen LogP contribution in [-0.4, -0.2) is 61.8 Å². The van der Waals surface area contributed by atoms with Crippen LogP contribution < -0.4 is 15.4 Å². The monoisotopic (exact) mass is 539 g/mol. The Morgan fingerprint density at radius 3 is 2.71 bits per heavy atom. The highest BCUT2D eigenvalue weighted by Crippen LogP contribution is 2.17. The van der Waals surface area contributed by atoms with Crippen LogP contribution in [0.25, 0.3) is 0 Å². The van der Waals surface area contributed by atoms with Gasteiger partial charge in [-0.15, -0.1) is 24.0 Å². The zero-order chi connectivity index (χ0) is 20.9. The zero-order valence-electron chi connectivity index (χ0n) is 18.3. The van der Waals surface area contributed by atoms with E-state index >= 15 is 0 Å². The maximum absolute atomic E-state index is 5.94. The van der Waals surface area contributed by atoms with Crippen molar-refractivity contribution in [2.24, 2.45) is 4.99 Å². The fourth-order valence-electron chi connectivity index (χ4n) is 3.24. The van der Waals surface area contributed by atoms with E-state index in [-0.39, 0.29) is 24.0 Å². The lowest BCUT2D eigenvalue weighted by Crippen LogP contribution is -2.40. The molecule has 0 unspecified atom stereocenters. The maximum Gasteiger partial charge on any atom is 0.218 e. The summed E-state index contributed by atoms with van der Waals surface area (Å²) in [7, 11) is 0. The van der Waals surface area contributed by atoms with Gasteiger partial charge in [0.15, 0.2) is 5.96 Å². The maximum atomic E-state index is 5.94. The summed E-state index contributed by atoms with van der Waals surface area (Å²) in [5.74, 6) is 1.45. The van der Waals surface area contributed by atoms with Gasteiger partial charge in [0.2, 0.25) is 5.88 Å². The summed E-state index contributed by atoms with van der Waals surface area (Å²) < 4.78 is 11.3. The molecule has 1 aromatic heterocycles. The van der Waals surface area contributed by atoms with Gasteiger partial charge < -0.3 is 20.1 Å². The van der Waals surface area contributed by atoms with Gasteiger partial charge in [-0.25, -0.2) is 9.98 Å². The summed E-state index contributed by atoms with van der Waals surface area (Å²) in [6, 6.07) is 14.0. The number of nitrogens with one attached hydrogen (secondary N) is 2. The Balaban J connectivity index is 0.00000341. The Morgan fingerprint density at radius 2 is 1.94 bits per heavy atom. The number of benzene rings is 1. The van der Waals surface area contributed by atoms with Crippen molar-refractivity contribution in [1.82, 2.24) is 20.5 Å². The van der Waals surface area contributed by atoms with E-state index in [2.05, 4.69) is 27.4 Å². The average Bonchev–Trinajstić information content (AvgIpc) is 2.80. The lowest BCUT2D eigenvalue weighted by Gasteiger charge is -2.26. The van der Waals surface area contributed by atoms with Crippen molar-refractivity contribution in [2.45, 2.75) is 26.5 Å². The summed E-state index contributed by atoms with van der Waals surface area (Å²) in [4.78, 5) is 11.6. The molecule has 31 heavy (non-hydrogen) atoms. The normalized spacial score (nSPS) is 14.5. The quantitative estimate of drug-likeness (QED) is 0.210. The number of halogens is 1. The molecule has 2 N–H and O–H groups in total. The predicted octanol–water partition coefficient (Wildman–Crippen LogP) is 3.06. The summed E-state index contributed by atoms with van der Waals surface area (Å²) in [6.45, 7) is 9.61. The van der Waals surface area contributed by atoms with Crippen LogP contribution in [0.4, 0.5) is 0 Å². The largest absolute Gasteiger partial charge is 0.473 e. The minimum atomic E-state index is 0. The van der Waals surface area contributed by atoms with E-state index in [9.17, 15) is 0 Å². The predicted molar refractivity (Wildman–Crippen MR) is 135 cm³/mol. The molecule has 0 spiro atoms. The molecule has 1 aliphatic rings. The van der Waals surface area contributed by atoms with Crippen LogP contribution in [0.3, 0.4) is 0 Å². The van der Waals surface area contributed by atoms with E-state index in [4.69, 9.17) is 14.5 Å². The van der Waals surface area contributed by atoms with Crippen molar-refractivity contribution < 1.29 is 9.47 Å². The van der Waals surface area contributed by atoms with Gasteiger partial charge in [-0.05, 0) is 31.5 Å². The molecule has 0 radical (unpaired) electrons. The summed E-state index contributed by atoms with van der Waals surface area (Å²) in [6.07, 6.45) is 2.82. The molecule has 170 valence electrons. The molecule has 2 heterocycles. The van der Waals surface area contributed by atoms with E-state index in [1.807, 2.05) is 42.5 Å². The molecule has 1 aromatic carbocycles. The van der Waals surface area contributed by atoms with Crippen LogP contribution in [0, 0.1) is 0 Å². The second kappa shape index (κ2) is 15.0. The van der Waals surface area contributed by atoms with Crippen molar-refractivity contribution in [3.8, 4) is 5.88 Å². The number of nitrogens with zero attached hydrogens (tertiary/aromatic N) is 3. The van der Waals surface area contributed by atoms with E-state index in [1.165, 1.54) is 0 Å². The van der Waals surface area contributed by atoms with Crippen LogP contribution in [-0.2, 0) is 17.9 Å². The second-order valence-corrected chi connectivity index (χ2v) is 7.17. The fraction of sp³-hybridized carbons (Fsp3) is 0.478. The van der Waals surface area contributed by atoms with E-state index in [0.29, 0.717) is 19.0 Å². The van der Waals surface area contributed by atoms with Crippen LogP contribution in [0.2, 0.25) is 0 Å². The molecule has 0 amide bonds. The van der Waals surface area contributed by atoms with Gasteiger partial charge in [0, 0.05) is 37.9 Å². The lowest BCUT2D eigenvalue weighted by atomic mass is 10.2. The molecular formula is C23H34IN5O2. The molecule has 1 saturated heterocycles. The molecule has 0 atom stereocenters. The van der Waals surface area contributed by atoms with Crippen LogP contribution >= 0.6 is 24.0 Å². The number of guanidine groups is 1. The molecule has 0 aliphatic carbocycles. The van der Waals surface area contributed by atoms with Crippen molar-refractivity contribution in [3.63, 3.8) is 0 Å². The molecule has 3 rings (SSSR count). The number of aromatic nitrogens is 1. The first-order valence-corrected chi connectivity index (χ1v) is 10.8. The topological polar surface area (TPSA) is 71.0 Å². The van der Waals surface area contributed by atoms with Gasteiger partial charge in [-0.3, -0.25) is 4.90 Å². The summed E-state index contributed by atoms with van der Waals surface area (Å²) >= 11 is 0. The van der Waals surface area contributed by atoms with Crippen LogP contribution in [0.15, 0.2) is 53.7 Å². The van der Waals surface area contributed by atoms with E-state index < -0.39 is 0 Å². The third kappa shape index (κ3) is 9.40. The van der Waals surface area contributed by atoms with Gasteiger partial charge in [-0.1, -0.05) is 36.4 Å². The molecule has 1 aliphatic heterocycles. The Morgan fingerprint density at radius 1 is 1.13 bits per heavy atom. The lowest BCUT2D eigenvalue weighted by molar-refractivity contribution is 0.0376. The molecule has 8 heteroatoms. The number of pyridine rings is 1. The van der Waals surface area contributed by atoms with E-state index in [1.54, 1.807) is 6.20 Å². The second-order valence-electron chi connectivity index (χ2n) is 7.17. The first-order valence-electron chi connectivity index (χ1n) is 10.8. The number of rotatable bonds is 10. The van der Waals surface area contributed by atoms with Gasteiger partial charge >= 0.3 is 0 Å². The van der Waals surface area contributed by atoms with Crippen molar-refractivity contribution in [3.05, 3.63) is 59.8 Å². The highest BCUT2D eigenvalue weighted by Gasteiger charge is 2.09. The van der Waals surface area contributed by atoms with Gasteiger partial charge in [-0.2, -0.15) is 0 Å². The molecule has 2 aromatic rings. The van der Waals surface area contributed by atoms with Gasteiger partial charge in [0.05, 0.1) is 19.8 Å². The third-order valence-corrected chi connectivity index (χ3v) is 4.87.